The molecular formula is C23H34O5. The van der Waals surface area contributed by atoms with Crippen molar-refractivity contribution < 1.29 is 34.4 Å². The van der Waals surface area contributed by atoms with Crippen LogP contribution in [0.4, 0.5) is 0 Å². The topological polar surface area (TPSA) is 87.0 Å². The molecule has 1 fully saturated rings. The monoisotopic (exact) mass is 397 g/mol. The van der Waals surface area contributed by atoms with Crippen molar-refractivity contribution in [3.05, 3.63) is 29.3 Å². The fourth-order valence-corrected chi connectivity index (χ4v) is 4.95. The number of hydrogen-bond donors (Lipinski definition) is 3. The number of rotatable bonds is 10. The van der Waals surface area contributed by atoms with Gasteiger partial charge in [-0.15, -0.1) is 0 Å². The molecule has 5 atom stereocenters. The van der Waals surface area contributed by atoms with Crippen LogP contribution in [0.5, 0.6) is 5.75 Å². The Hall–Kier alpha value is -1.59. The molecule has 2 aliphatic rings. The molecule has 2 aliphatic carbocycles. The van der Waals surface area contributed by atoms with E-state index in [0.29, 0.717) is 38.5 Å². The number of aliphatic carboxylic acids is 1. The van der Waals surface area contributed by atoms with E-state index >= 15 is 0 Å². The van der Waals surface area contributed by atoms with E-state index in [4.69, 9.17) is 19.4 Å². The smallest absolute Gasteiger partial charge is 0.341 e. The molecule has 0 radical (unpaired) electrons. The van der Waals surface area contributed by atoms with Crippen molar-refractivity contribution >= 4 is 5.97 Å². The summed E-state index contributed by atoms with van der Waals surface area (Å²) in [4.78, 5) is 11.2. The average Bonchev–Trinajstić information content (AvgIpc) is 3.03. The van der Waals surface area contributed by atoms with Crippen molar-refractivity contribution in [1.29, 1.82) is 0 Å². The quantitative estimate of drug-likeness (QED) is 0.562. The third kappa shape index (κ3) is 5.06. The summed E-state index contributed by atoms with van der Waals surface area (Å²) in [7, 11) is 0. The lowest BCUT2D eigenvalue weighted by Gasteiger charge is -2.32. The number of aliphatic hydroxyl groups is 2. The molecule has 0 aromatic heterocycles. The highest BCUT2D eigenvalue weighted by molar-refractivity contribution is 5.68. The predicted octanol–water partition coefficient (Wildman–Crippen LogP) is 3.58. The molecule has 0 amide bonds. The maximum Gasteiger partial charge on any atom is 0.341 e. The van der Waals surface area contributed by atoms with Crippen molar-refractivity contribution in [3.63, 3.8) is 0 Å². The second kappa shape index (κ2) is 9.75. The molecule has 3 N–H and O–H groups in total. The molecule has 0 heterocycles. The Morgan fingerprint density at radius 3 is 3.00 bits per heavy atom. The zero-order valence-electron chi connectivity index (χ0n) is 22.9. The molecule has 0 unspecified atom stereocenters. The van der Waals surface area contributed by atoms with E-state index in [9.17, 15) is 15.0 Å². The molecular weight excluding hydrogens is 356 g/mol. The molecule has 1 saturated carbocycles. The second-order valence-electron chi connectivity index (χ2n) is 8.00. The van der Waals surface area contributed by atoms with Crippen molar-refractivity contribution in [2.75, 3.05) is 6.56 Å². The Morgan fingerprint density at radius 2 is 2.21 bits per heavy atom. The standard InChI is InChI=1S/C23H34O5/c1-2-3-4-7-17(24)9-10-18-19-11-15-6-5-8-22(28-14-23(26)27)20(15)12-16(19)13-21(18)25/h5-6,8,16-19,21,24-25H,2-4,7,9-14H2,1H3,(H,26,27)/t16-,17-,18+,19-,21+/m0/s1/i1D3,2D2,14D2. The van der Waals surface area contributed by atoms with E-state index in [2.05, 4.69) is 0 Å². The molecule has 1 aromatic rings. The number of carboxylic acid groups (broad SMARTS) is 1. The fraction of sp³-hybridized carbons (Fsp3) is 0.696. The highest BCUT2D eigenvalue weighted by atomic mass is 16.5. The molecule has 1 aromatic carbocycles. The van der Waals surface area contributed by atoms with Gasteiger partial charge in [-0.05, 0) is 73.5 Å². The van der Waals surface area contributed by atoms with Crippen molar-refractivity contribution in [2.45, 2.75) is 76.8 Å². The van der Waals surface area contributed by atoms with Crippen LogP contribution in [0.1, 0.15) is 72.5 Å². The van der Waals surface area contributed by atoms with Crippen LogP contribution in [0.2, 0.25) is 0 Å². The Balaban J connectivity index is 1.59. The summed E-state index contributed by atoms with van der Waals surface area (Å²) >= 11 is 0. The van der Waals surface area contributed by atoms with Crippen molar-refractivity contribution in [3.8, 4) is 5.75 Å². The number of hydrogen-bond acceptors (Lipinski definition) is 4. The van der Waals surface area contributed by atoms with E-state index in [1.165, 1.54) is 0 Å². The number of ether oxygens (including phenoxy) is 1. The Morgan fingerprint density at radius 1 is 1.36 bits per heavy atom. The van der Waals surface area contributed by atoms with Gasteiger partial charge in [-0.25, -0.2) is 4.79 Å². The summed E-state index contributed by atoms with van der Waals surface area (Å²) in [5.74, 6) is -1.23. The molecule has 0 aliphatic heterocycles. The van der Waals surface area contributed by atoms with E-state index in [1.807, 2.05) is 6.07 Å². The zero-order valence-corrected chi connectivity index (χ0v) is 15.9. The first-order valence-electron chi connectivity index (χ1n) is 13.5. The van der Waals surface area contributed by atoms with Crippen LogP contribution in [0.15, 0.2) is 18.2 Å². The van der Waals surface area contributed by atoms with Gasteiger partial charge < -0.3 is 20.1 Å². The average molecular weight is 398 g/mol. The van der Waals surface area contributed by atoms with Crippen molar-refractivity contribution in [1.82, 2.24) is 0 Å². The van der Waals surface area contributed by atoms with Crippen LogP contribution in [-0.4, -0.2) is 40.1 Å². The van der Waals surface area contributed by atoms with E-state index < -0.39 is 38.0 Å². The number of aliphatic hydroxyl groups excluding tert-OH is 2. The van der Waals surface area contributed by atoms with Gasteiger partial charge in [-0.1, -0.05) is 38.2 Å². The van der Waals surface area contributed by atoms with Gasteiger partial charge in [0.05, 0.1) is 14.9 Å². The summed E-state index contributed by atoms with van der Waals surface area (Å²) in [6.45, 7) is -5.54. The van der Waals surface area contributed by atoms with Crippen LogP contribution < -0.4 is 4.74 Å². The summed E-state index contributed by atoms with van der Waals surface area (Å²) in [5, 5.41) is 30.2. The van der Waals surface area contributed by atoms with E-state index in [1.54, 1.807) is 12.1 Å². The first-order valence-corrected chi connectivity index (χ1v) is 10.0. The van der Waals surface area contributed by atoms with Gasteiger partial charge in [0.25, 0.3) is 0 Å². The number of carboxylic acids is 1. The van der Waals surface area contributed by atoms with Gasteiger partial charge in [0.15, 0.2) is 6.56 Å². The molecule has 5 nitrogen and oxygen atoms in total. The summed E-state index contributed by atoms with van der Waals surface area (Å²) in [6, 6.07) is 5.17. The molecule has 0 bridgehead atoms. The maximum absolute atomic E-state index is 11.2. The van der Waals surface area contributed by atoms with Gasteiger partial charge in [0.1, 0.15) is 5.75 Å². The third-order valence-corrected chi connectivity index (χ3v) is 6.27. The highest BCUT2D eigenvalue weighted by Gasteiger charge is 2.44. The van der Waals surface area contributed by atoms with Crippen molar-refractivity contribution in [2.24, 2.45) is 17.8 Å². The van der Waals surface area contributed by atoms with E-state index in [0.717, 1.165) is 11.1 Å². The minimum Gasteiger partial charge on any atom is -0.482 e. The zero-order chi connectivity index (χ0) is 26.2. The number of benzene rings is 1. The van der Waals surface area contributed by atoms with Crippen LogP contribution in [0, 0.1) is 17.8 Å². The lowest BCUT2D eigenvalue weighted by atomic mass is 9.73. The van der Waals surface area contributed by atoms with Gasteiger partial charge >= 0.3 is 5.97 Å². The number of carbonyl (C=O) groups is 1. The fourth-order valence-electron chi connectivity index (χ4n) is 4.95. The van der Waals surface area contributed by atoms with Crippen LogP contribution in [0.3, 0.4) is 0 Å². The van der Waals surface area contributed by atoms with Gasteiger partial charge in [0, 0.05) is 6.85 Å². The van der Waals surface area contributed by atoms with Gasteiger partial charge in [-0.2, -0.15) is 0 Å². The minimum atomic E-state index is -2.84. The normalized spacial score (nSPS) is 32.3. The first-order chi connectivity index (χ1) is 16.1. The highest BCUT2D eigenvalue weighted by Crippen LogP contribution is 2.48. The van der Waals surface area contributed by atoms with Crippen LogP contribution in [-0.2, 0) is 17.6 Å². The summed E-state index contributed by atoms with van der Waals surface area (Å²) in [6.07, 6.45) is -0.386. The van der Waals surface area contributed by atoms with Gasteiger partial charge in [0.2, 0.25) is 0 Å². The van der Waals surface area contributed by atoms with Crippen LogP contribution in [0.25, 0.3) is 0 Å². The minimum absolute atomic E-state index is 0.0355. The largest absolute Gasteiger partial charge is 0.482 e. The molecule has 3 rings (SSSR count). The number of fused-ring (bicyclic) bond motifs is 2. The summed E-state index contributed by atoms with van der Waals surface area (Å²) in [5.41, 5.74) is 1.71. The second-order valence-corrected chi connectivity index (χ2v) is 8.00. The molecule has 0 spiro atoms. The predicted molar refractivity (Wildman–Crippen MR) is 107 cm³/mol. The lowest BCUT2D eigenvalue weighted by molar-refractivity contribution is -0.139. The van der Waals surface area contributed by atoms with E-state index in [-0.39, 0.29) is 36.3 Å². The Bertz CT molecular complexity index is 905. The maximum atomic E-state index is 11.2. The lowest BCUT2D eigenvalue weighted by Crippen LogP contribution is -2.28. The molecule has 5 heteroatoms. The molecule has 28 heavy (non-hydrogen) atoms. The van der Waals surface area contributed by atoms with Gasteiger partial charge in [-0.3, -0.25) is 0 Å². The first kappa shape index (κ1) is 13.6. The SMILES string of the molecule is [2H]C([2H])(Oc1cccc2c1C[C@H]1C[C@@H](O)[C@H](CC[C@@H](O)CCCC([2H])([2H])C([2H])([2H])[2H])[C@H]1C2)C(=O)O. The van der Waals surface area contributed by atoms with Crippen LogP contribution >= 0.6 is 0 Å². The Labute approximate surface area is 177 Å². The Kier molecular flexibility index (Phi) is 4.73. The third-order valence-electron chi connectivity index (χ3n) is 6.27. The molecule has 156 valence electrons. The molecule has 0 saturated heterocycles. The summed E-state index contributed by atoms with van der Waals surface area (Å²) < 4.78 is 57.5.